The molecule has 1 N–H and O–H groups in total. The van der Waals surface area contributed by atoms with E-state index in [1.54, 1.807) is 0 Å². The number of hydrogen-bond acceptors (Lipinski definition) is 3. The third kappa shape index (κ3) is 4.16. The Morgan fingerprint density at radius 3 is 2.43 bits per heavy atom. The number of nitrogens with one attached hydrogen (secondary N) is 1. The molecule has 0 saturated carbocycles. The molecule has 2 amide bonds. The fourth-order valence-electron chi connectivity index (χ4n) is 3.40. The summed E-state index contributed by atoms with van der Waals surface area (Å²) in [5, 5.41) is 3.03. The van der Waals surface area contributed by atoms with E-state index in [1.165, 1.54) is 12.1 Å². The average molecular weight is 316 g/mol. The molecule has 1 unspecified atom stereocenters. The first kappa shape index (κ1) is 16.1. The molecule has 2 aliphatic rings. The zero-order valence-corrected chi connectivity index (χ0v) is 14.3. The Kier molecular flexibility index (Phi) is 5.06. The summed E-state index contributed by atoms with van der Waals surface area (Å²) >= 11 is 0. The number of rotatable bonds is 2. The van der Waals surface area contributed by atoms with Crippen molar-refractivity contribution >= 4 is 17.4 Å². The number of carbonyl (C=O) groups excluding carboxylic acids is 1. The van der Waals surface area contributed by atoms with Gasteiger partial charge in [0.2, 0.25) is 0 Å². The minimum atomic E-state index is 0.0314. The zero-order chi connectivity index (χ0) is 16.2. The van der Waals surface area contributed by atoms with E-state index >= 15 is 0 Å². The van der Waals surface area contributed by atoms with Gasteiger partial charge in [0.1, 0.15) is 0 Å². The van der Waals surface area contributed by atoms with E-state index in [9.17, 15) is 4.79 Å². The van der Waals surface area contributed by atoms with E-state index in [0.29, 0.717) is 5.92 Å². The van der Waals surface area contributed by atoms with Crippen LogP contribution in [0.25, 0.3) is 0 Å². The Morgan fingerprint density at radius 1 is 1.09 bits per heavy atom. The van der Waals surface area contributed by atoms with Crippen LogP contribution in [-0.2, 0) is 0 Å². The molecule has 2 heterocycles. The molecular weight excluding hydrogens is 288 g/mol. The molecule has 2 fully saturated rings. The fraction of sp³-hybridized carbons (Fsp3) is 0.611. The maximum atomic E-state index is 12.3. The van der Waals surface area contributed by atoms with Gasteiger partial charge in [-0.05, 0) is 50.1 Å². The number of anilines is 2. The van der Waals surface area contributed by atoms with Crippen molar-refractivity contribution in [3.63, 3.8) is 0 Å². The molecule has 2 saturated heterocycles. The summed E-state index contributed by atoms with van der Waals surface area (Å²) in [5.41, 5.74) is 2.12. The summed E-state index contributed by atoms with van der Waals surface area (Å²) < 4.78 is 0. The van der Waals surface area contributed by atoms with Crippen molar-refractivity contribution in [2.75, 3.05) is 56.5 Å². The van der Waals surface area contributed by atoms with Crippen LogP contribution < -0.4 is 10.2 Å². The number of piperazine rings is 1. The average Bonchev–Trinajstić information content (AvgIpc) is 2.56. The second-order valence-corrected chi connectivity index (χ2v) is 6.96. The van der Waals surface area contributed by atoms with Gasteiger partial charge in [0, 0.05) is 50.6 Å². The SMILES string of the molecule is CC1CCCN(C(=O)Nc2ccc(N3CCN(C)CC3)cc2)C1. The number of hydrogen-bond donors (Lipinski definition) is 1. The number of likely N-dealkylation sites (tertiary alicyclic amines) is 1. The summed E-state index contributed by atoms with van der Waals surface area (Å²) in [6, 6.07) is 8.28. The first-order valence-corrected chi connectivity index (χ1v) is 8.71. The molecule has 1 atom stereocenters. The smallest absolute Gasteiger partial charge is 0.321 e. The van der Waals surface area contributed by atoms with Crippen molar-refractivity contribution < 1.29 is 4.79 Å². The Labute approximate surface area is 139 Å². The molecule has 23 heavy (non-hydrogen) atoms. The van der Waals surface area contributed by atoms with E-state index in [0.717, 1.165) is 51.4 Å². The minimum absolute atomic E-state index is 0.0314. The summed E-state index contributed by atoms with van der Waals surface area (Å²) in [6.07, 6.45) is 2.33. The molecule has 1 aromatic rings. The van der Waals surface area contributed by atoms with Crippen molar-refractivity contribution in [2.45, 2.75) is 19.8 Å². The van der Waals surface area contributed by atoms with E-state index < -0.39 is 0 Å². The lowest BCUT2D eigenvalue weighted by Gasteiger charge is -2.34. The second-order valence-electron chi connectivity index (χ2n) is 6.96. The summed E-state index contributed by atoms with van der Waals surface area (Å²) in [6.45, 7) is 8.28. The Balaban J connectivity index is 1.56. The largest absolute Gasteiger partial charge is 0.369 e. The molecule has 0 spiro atoms. The van der Waals surface area contributed by atoms with Crippen molar-refractivity contribution in [3.05, 3.63) is 24.3 Å². The van der Waals surface area contributed by atoms with Gasteiger partial charge in [0.15, 0.2) is 0 Å². The number of benzene rings is 1. The van der Waals surface area contributed by atoms with Crippen LogP contribution in [0.3, 0.4) is 0 Å². The normalized spacial score (nSPS) is 23.0. The van der Waals surface area contributed by atoms with Crippen LogP contribution >= 0.6 is 0 Å². The van der Waals surface area contributed by atoms with E-state index in [2.05, 4.69) is 41.2 Å². The van der Waals surface area contributed by atoms with Gasteiger partial charge in [0.05, 0.1) is 0 Å². The predicted molar refractivity (Wildman–Crippen MR) is 95.1 cm³/mol. The first-order chi connectivity index (χ1) is 11.1. The van der Waals surface area contributed by atoms with Crippen LogP contribution in [0.2, 0.25) is 0 Å². The molecule has 126 valence electrons. The molecule has 0 aliphatic carbocycles. The Morgan fingerprint density at radius 2 is 1.78 bits per heavy atom. The number of piperidine rings is 1. The quantitative estimate of drug-likeness (QED) is 0.912. The molecule has 0 radical (unpaired) electrons. The van der Waals surface area contributed by atoms with Crippen LogP contribution in [0.15, 0.2) is 24.3 Å². The molecule has 3 rings (SSSR count). The molecule has 2 aliphatic heterocycles. The molecule has 5 nitrogen and oxygen atoms in total. The van der Waals surface area contributed by atoms with Gasteiger partial charge in [-0.3, -0.25) is 0 Å². The lowest BCUT2D eigenvalue weighted by Crippen LogP contribution is -2.44. The van der Waals surface area contributed by atoms with Crippen molar-refractivity contribution in [1.82, 2.24) is 9.80 Å². The van der Waals surface area contributed by atoms with E-state index in [1.807, 2.05) is 17.0 Å². The Bertz CT molecular complexity index is 522. The van der Waals surface area contributed by atoms with Gasteiger partial charge < -0.3 is 20.0 Å². The van der Waals surface area contributed by atoms with Crippen LogP contribution in [-0.4, -0.2) is 62.1 Å². The highest BCUT2D eigenvalue weighted by atomic mass is 16.2. The summed E-state index contributed by atoms with van der Waals surface area (Å²) in [5.74, 6) is 0.606. The number of likely N-dealkylation sites (N-methyl/N-ethyl adjacent to an activating group) is 1. The highest BCUT2D eigenvalue weighted by molar-refractivity contribution is 5.89. The zero-order valence-electron chi connectivity index (χ0n) is 14.3. The van der Waals surface area contributed by atoms with Crippen LogP contribution in [0, 0.1) is 5.92 Å². The van der Waals surface area contributed by atoms with E-state index in [-0.39, 0.29) is 6.03 Å². The van der Waals surface area contributed by atoms with Gasteiger partial charge in [-0.2, -0.15) is 0 Å². The number of nitrogens with zero attached hydrogens (tertiary/aromatic N) is 3. The maximum Gasteiger partial charge on any atom is 0.321 e. The minimum Gasteiger partial charge on any atom is -0.369 e. The summed E-state index contributed by atoms with van der Waals surface area (Å²) in [7, 11) is 2.16. The number of carbonyl (C=O) groups is 1. The van der Waals surface area contributed by atoms with Gasteiger partial charge >= 0.3 is 6.03 Å². The maximum absolute atomic E-state index is 12.3. The van der Waals surface area contributed by atoms with Crippen LogP contribution in [0.5, 0.6) is 0 Å². The summed E-state index contributed by atoms with van der Waals surface area (Å²) in [4.78, 5) is 19.0. The number of urea groups is 1. The first-order valence-electron chi connectivity index (χ1n) is 8.71. The molecule has 0 aromatic heterocycles. The fourth-order valence-corrected chi connectivity index (χ4v) is 3.40. The highest BCUT2D eigenvalue weighted by Crippen LogP contribution is 2.21. The van der Waals surface area contributed by atoms with Crippen molar-refractivity contribution in [1.29, 1.82) is 0 Å². The second kappa shape index (κ2) is 7.21. The lowest BCUT2D eigenvalue weighted by molar-refractivity contribution is 0.182. The third-order valence-electron chi connectivity index (χ3n) is 4.93. The number of amides is 2. The predicted octanol–water partition coefficient (Wildman–Crippen LogP) is 2.70. The van der Waals surface area contributed by atoms with Crippen LogP contribution in [0.4, 0.5) is 16.2 Å². The van der Waals surface area contributed by atoms with Crippen molar-refractivity contribution in [2.24, 2.45) is 5.92 Å². The highest BCUT2D eigenvalue weighted by Gasteiger charge is 2.21. The van der Waals surface area contributed by atoms with Gasteiger partial charge in [0.25, 0.3) is 0 Å². The van der Waals surface area contributed by atoms with Gasteiger partial charge in [-0.1, -0.05) is 6.92 Å². The Hall–Kier alpha value is -1.75. The van der Waals surface area contributed by atoms with E-state index in [4.69, 9.17) is 0 Å². The lowest BCUT2D eigenvalue weighted by atomic mass is 10.0. The monoisotopic (exact) mass is 316 g/mol. The molecular formula is C18H28N4O. The third-order valence-corrected chi connectivity index (χ3v) is 4.93. The molecule has 1 aromatic carbocycles. The van der Waals surface area contributed by atoms with Crippen LogP contribution in [0.1, 0.15) is 19.8 Å². The molecule has 0 bridgehead atoms. The molecule has 5 heteroatoms. The van der Waals surface area contributed by atoms with Gasteiger partial charge in [-0.15, -0.1) is 0 Å². The topological polar surface area (TPSA) is 38.8 Å². The standard InChI is InChI=1S/C18H28N4O/c1-15-4-3-9-22(14-15)18(23)19-16-5-7-17(8-6-16)21-12-10-20(2)11-13-21/h5-8,15H,3-4,9-14H2,1-2H3,(H,19,23). The van der Waals surface area contributed by atoms with Gasteiger partial charge in [-0.25, -0.2) is 4.79 Å². The van der Waals surface area contributed by atoms with Crippen molar-refractivity contribution in [3.8, 4) is 0 Å².